The number of likely N-dealkylation sites (N-methyl/N-ethyl adjacent to an activating group) is 1. The summed E-state index contributed by atoms with van der Waals surface area (Å²) in [7, 11) is 2.25. The molecule has 0 bridgehead atoms. The molecular formula is C22H22F2N6O. The molecule has 1 spiro atoms. The molecular weight excluding hydrogens is 402 g/mol. The van der Waals surface area contributed by atoms with E-state index < -0.39 is 17.8 Å². The van der Waals surface area contributed by atoms with Crippen LogP contribution in [0.4, 0.5) is 14.6 Å². The molecule has 2 fully saturated rings. The van der Waals surface area contributed by atoms with Crippen molar-refractivity contribution in [3.8, 4) is 6.07 Å². The van der Waals surface area contributed by atoms with Crippen LogP contribution in [0.5, 0.6) is 0 Å². The third-order valence-corrected chi connectivity index (χ3v) is 6.01. The first kappa shape index (κ1) is 20.9. The van der Waals surface area contributed by atoms with Gasteiger partial charge in [-0.05, 0) is 38.1 Å². The number of carbonyl (C=O) groups is 1. The summed E-state index contributed by atoms with van der Waals surface area (Å²) in [4.78, 5) is 26.8. The van der Waals surface area contributed by atoms with Crippen LogP contribution < -0.4 is 4.90 Å². The van der Waals surface area contributed by atoms with Crippen LogP contribution in [0.3, 0.4) is 0 Å². The predicted octanol–water partition coefficient (Wildman–Crippen LogP) is 3.09. The second kappa shape index (κ2) is 8.04. The lowest BCUT2D eigenvalue weighted by atomic mass is 10.1. The van der Waals surface area contributed by atoms with E-state index in [4.69, 9.17) is 5.26 Å². The first-order valence-electron chi connectivity index (χ1n) is 9.98. The van der Waals surface area contributed by atoms with E-state index in [0.29, 0.717) is 5.54 Å². The Labute approximate surface area is 178 Å². The van der Waals surface area contributed by atoms with Gasteiger partial charge in [-0.25, -0.2) is 9.97 Å². The molecule has 0 radical (unpaired) electrons. The van der Waals surface area contributed by atoms with Crippen LogP contribution in [-0.2, 0) is 10.7 Å². The van der Waals surface area contributed by atoms with Crippen LogP contribution in [0.25, 0.3) is 11.0 Å². The highest BCUT2D eigenvalue weighted by Crippen LogP contribution is 2.44. The smallest absolute Gasteiger partial charge is 0.327 e. The third-order valence-electron chi connectivity index (χ3n) is 6.01. The zero-order valence-corrected chi connectivity index (χ0v) is 17.1. The number of aldehydes is 1. The normalized spacial score (nSPS) is 17.7. The molecule has 0 unspecified atom stereocenters. The molecule has 160 valence electrons. The van der Waals surface area contributed by atoms with Gasteiger partial charge in [-0.3, -0.25) is 9.69 Å². The lowest BCUT2D eigenvalue weighted by Gasteiger charge is -2.40. The van der Waals surface area contributed by atoms with E-state index in [1.807, 2.05) is 6.20 Å². The van der Waals surface area contributed by atoms with Gasteiger partial charge in [-0.15, -0.1) is 0 Å². The van der Waals surface area contributed by atoms with Crippen LogP contribution in [0.15, 0.2) is 42.9 Å². The van der Waals surface area contributed by atoms with Crippen molar-refractivity contribution in [2.24, 2.45) is 0 Å². The number of aromatic nitrogens is 3. The van der Waals surface area contributed by atoms with Gasteiger partial charge in [0.1, 0.15) is 17.8 Å². The molecule has 1 N–H and O–H groups in total. The van der Waals surface area contributed by atoms with E-state index in [-0.39, 0.29) is 5.56 Å². The van der Waals surface area contributed by atoms with Gasteiger partial charge >= 0.3 is 5.92 Å². The van der Waals surface area contributed by atoms with E-state index in [1.54, 1.807) is 12.4 Å². The SMILES string of the molecule is CN1CCN(c2ncnc3[nH]ccc23)CC12CC2.N#Cc1ccc(C(F)(F)C=O)cc1. The van der Waals surface area contributed by atoms with Crippen LogP contribution >= 0.6 is 0 Å². The average Bonchev–Trinajstić information content (AvgIpc) is 3.40. The summed E-state index contributed by atoms with van der Waals surface area (Å²) in [6, 6.07) is 8.47. The van der Waals surface area contributed by atoms with E-state index in [9.17, 15) is 13.6 Å². The zero-order valence-electron chi connectivity index (χ0n) is 17.1. The molecule has 1 aromatic carbocycles. The molecule has 9 heteroatoms. The Hall–Kier alpha value is -3.38. The number of H-pyrrole nitrogens is 1. The monoisotopic (exact) mass is 424 g/mol. The van der Waals surface area contributed by atoms with E-state index in [1.165, 1.54) is 25.0 Å². The number of carbonyl (C=O) groups excluding carboxylic acids is 1. The quantitative estimate of drug-likeness (QED) is 0.650. The molecule has 2 aliphatic rings. The number of anilines is 1. The van der Waals surface area contributed by atoms with E-state index >= 15 is 0 Å². The highest BCUT2D eigenvalue weighted by molar-refractivity contribution is 5.87. The van der Waals surface area contributed by atoms with Gasteiger partial charge in [-0.2, -0.15) is 14.0 Å². The van der Waals surface area contributed by atoms with Crippen molar-refractivity contribution in [2.45, 2.75) is 24.3 Å². The maximum absolute atomic E-state index is 12.7. The fourth-order valence-corrected chi connectivity index (χ4v) is 3.87. The van der Waals surface area contributed by atoms with Crippen molar-refractivity contribution in [3.05, 3.63) is 54.0 Å². The molecule has 2 aromatic heterocycles. The minimum Gasteiger partial charge on any atom is -0.353 e. The van der Waals surface area contributed by atoms with Gasteiger partial charge in [0.15, 0.2) is 6.29 Å². The Morgan fingerprint density at radius 3 is 2.58 bits per heavy atom. The highest BCUT2D eigenvalue weighted by Gasteiger charge is 2.49. The zero-order chi connectivity index (χ0) is 22.1. The molecule has 0 atom stereocenters. The standard InChI is InChI=1S/C13H17N5.C9H5F2NO/c1-17-6-7-18(8-13(17)3-4-13)12-10-2-5-14-11(10)15-9-16-12;10-9(11,6-13)8-3-1-7(5-12)2-4-8/h2,5,9H,3-4,6-8H2,1H3,(H,14,15,16);1-4,6H. The number of benzene rings is 1. The molecule has 5 rings (SSSR count). The number of hydrogen-bond donors (Lipinski definition) is 1. The van der Waals surface area contributed by atoms with Gasteiger partial charge in [-0.1, -0.05) is 12.1 Å². The van der Waals surface area contributed by atoms with Crippen LogP contribution in [0, 0.1) is 11.3 Å². The minimum absolute atomic E-state index is 0.283. The van der Waals surface area contributed by atoms with Crippen LogP contribution in [-0.4, -0.2) is 58.4 Å². The highest BCUT2D eigenvalue weighted by atomic mass is 19.3. The number of nitriles is 1. The number of rotatable bonds is 3. The van der Waals surface area contributed by atoms with Gasteiger partial charge < -0.3 is 9.88 Å². The lowest BCUT2D eigenvalue weighted by molar-refractivity contribution is -0.130. The Bertz CT molecular complexity index is 1120. The number of nitrogens with zero attached hydrogens (tertiary/aromatic N) is 5. The van der Waals surface area contributed by atoms with Gasteiger partial charge in [0.05, 0.1) is 17.0 Å². The number of halogens is 2. The first-order chi connectivity index (χ1) is 14.9. The second-order valence-corrected chi connectivity index (χ2v) is 7.93. The summed E-state index contributed by atoms with van der Waals surface area (Å²) in [5, 5.41) is 9.52. The summed E-state index contributed by atoms with van der Waals surface area (Å²) in [6.07, 6.45) is 5.81. The Morgan fingerprint density at radius 2 is 1.94 bits per heavy atom. The number of nitrogens with one attached hydrogen (secondary N) is 1. The van der Waals surface area contributed by atoms with Crippen molar-refractivity contribution >= 4 is 23.1 Å². The largest absolute Gasteiger partial charge is 0.353 e. The molecule has 1 saturated carbocycles. The van der Waals surface area contributed by atoms with Crippen molar-refractivity contribution in [1.82, 2.24) is 19.9 Å². The summed E-state index contributed by atoms with van der Waals surface area (Å²) >= 11 is 0. The molecule has 3 heterocycles. The fourth-order valence-electron chi connectivity index (χ4n) is 3.87. The number of fused-ring (bicyclic) bond motifs is 1. The molecule has 3 aromatic rings. The van der Waals surface area contributed by atoms with Gasteiger partial charge in [0.25, 0.3) is 0 Å². The number of aromatic amines is 1. The van der Waals surface area contributed by atoms with Gasteiger partial charge in [0, 0.05) is 36.9 Å². The van der Waals surface area contributed by atoms with Crippen molar-refractivity contribution in [3.63, 3.8) is 0 Å². The molecule has 7 nitrogen and oxygen atoms in total. The Kier molecular flexibility index (Phi) is 5.41. The molecule has 1 aliphatic carbocycles. The Balaban J connectivity index is 0.000000159. The summed E-state index contributed by atoms with van der Waals surface area (Å²) in [6.45, 7) is 3.27. The van der Waals surface area contributed by atoms with Crippen LogP contribution in [0.1, 0.15) is 24.0 Å². The second-order valence-electron chi connectivity index (χ2n) is 7.93. The minimum atomic E-state index is -3.46. The summed E-state index contributed by atoms with van der Waals surface area (Å²) < 4.78 is 25.3. The molecule has 1 aliphatic heterocycles. The topological polar surface area (TPSA) is 88.9 Å². The predicted molar refractivity (Wildman–Crippen MR) is 112 cm³/mol. The van der Waals surface area contributed by atoms with E-state index in [2.05, 4.69) is 37.9 Å². The lowest BCUT2D eigenvalue weighted by Crippen LogP contribution is -2.53. The van der Waals surface area contributed by atoms with Crippen molar-refractivity contribution in [2.75, 3.05) is 31.6 Å². The van der Waals surface area contributed by atoms with E-state index in [0.717, 1.165) is 48.6 Å². The average molecular weight is 424 g/mol. The first-order valence-corrected chi connectivity index (χ1v) is 9.98. The number of alkyl halides is 2. The Morgan fingerprint density at radius 1 is 1.19 bits per heavy atom. The maximum atomic E-state index is 12.7. The third kappa shape index (κ3) is 4.11. The maximum Gasteiger partial charge on any atom is 0.327 e. The summed E-state index contributed by atoms with van der Waals surface area (Å²) in [5.74, 6) is -2.38. The summed E-state index contributed by atoms with van der Waals surface area (Å²) in [5.41, 5.74) is 1.24. The number of hydrogen-bond acceptors (Lipinski definition) is 6. The van der Waals surface area contributed by atoms with Crippen molar-refractivity contribution < 1.29 is 13.6 Å². The molecule has 1 saturated heterocycles. The number of piperazine rings is 1. The molecule has 31 heavy (non-hydrogen) atoms. The van der Waals surface area contributed by atoms with Crippen LogP contribution in [0.2, 0.25) is 0 Å². The van der Waals surface area contributed by atoms with Crippen molar-refractivity contribution in [1.29, 1.82) is 5.26 Å². The molecule has 0 amide bonds. The van der Waals surface area contributed by atoms with Gasteiger partial charge in [0.2, 0.25) is 0 Å². The fraction of sp³-hybridized carbons (Fsp3) is 0.364.